The smallest absolute Gasteiger partial charge is 0.329 e. The fourth-order valence-electron chi connectivity index (χ4n) is 2.14. The van der Waals surface area contributed by atoms with Gasteiger partial charge in [-0.05, 0) is 29.0 Å². The van der Waals surface area contributed by atoms with Crippen molar-refractivity contribution in [3.63, 3.8) is 0 Å². The van der Waals surface area contributed by atoms with E-state index in [1.54, 1.807) is 7.11 Å². The zero-order chi connectivity index (χ0) is 14.1. The molecular formula is C15H13NO3S. The van der Waals surface area contributed by atoms with Crippen LogP contribution in [0, 0.1) is 0 Å². The average Bonchev–Trinajstić information content (AvgIpc) is 2.96. The third-order valence-electron chi connectivity index (χ3n) is 3.23. The minimum Gasteiger partial charge on any atom is -0.497 e. The maximum atomic E-state index is 10.9. The van der Waals surface area contributed by atoms with Crippen LogP contribution in [0.2, 0.25) is 0 Å². The van der Waals surface area contributed by atoms with Crippen LogP contribution in [0.3, 0.4) is 0 Å². The van der Waals surface area contributed by atoms with Crippen LogP contribution in [-0.4, -0.2) is 35.0 Å². The Morgan fingerprint density at radius 1 is 1.30 bits per heavy atom. The van der Waals surface area contributed by atoms with Gasteiger partial charge in [0.1, 0.15) is 5.75 Å². The molecule has 0 unspecified atom stereocenters. The molecule has 0 spiro atoms. The number of aliphatic imine (C=N–C) groups is 1. The summed E-state index contributed by atoms with van der Waals surface area (Å²) >= 11 is 1.49. The highest BCUT2D eigenvalue weighted by Gasteiger charge is 2.25. The minimum absolute atomic E-state index is 0.505. The molecule has 1 atom stereocenters. The van der Waals surface area contributed by atoms with E-state index in [0.29, 0.717) is 5.75 Å². The summed E-state index contributed by atoms with van der Waals surface area (Å²) in [5, 5.41) is 12.0. The van der Waals surface area contributed by atoms with Crippen LogP contribution in [0.5, 0.6) is 5.75 Å². The Morgan fingerprint density at radius 2 is 2.05 bits per heavy atom. The van der Waals surface area contributed by atoms with Gasteiger partial charge in [0.05, 0.1) is 12.2 Å². The Morgan fingerprint density at radius 3 is 2.75 bits per heavy atom. The Kier molecular flexibility index (Phi) is 3.36. The van der Waals surface area contributed by atoms with Crippen LogP contribution in [0.25, 0.3) is 10.8 Å². The van der Waals surface area contributed by atoms with E-state index in [2.05, 4.69) is 4.99 Å². The summed E-state index contributed by atoms with van der Waals surface area (Å²) < 4.78 is 5.20. The Hall–Kier alpha value is -2.01. The van der Waals surface area contributed by atoms with Crippen molar-refractivity contribution in [2.45, 2.75) is 6.04 Å². The van der Waals surface area contributed by atoms with Gasteiger partial charge in [0.25, 0.3) is 0 Å². The van der Waals surface area contributed by atoms with Crippen molar-refractivity contribution >= 4 is 33.5 Å². The number of thioether (sulfide) groups is 1. The van der Waals surface area contributed by atoms with Crippen LogP contribution in [-0.2, 0) is 4.79 Å². The van der Waals surface area contributed by atoms with Crippen LogP contribution >= 0.6 is 11.8 Å². The molecule has 2 aromatic rings. The monoisotopic (exact) mass is 287 g/mol. The maximum absolute atomic E-state index is 10.9. The highest BCUT2D eigenvalue weighted by Crippen LogP contribution is 2.27. The van der Waals surface area contributed by atoms with Crippen molar-refractivity contribution in [3.8, 4) is 5.75 Å². The summed E-state index contributed by atoms with van der Waals surface area (Å²) in [6.07, 6.45) is 0. The standard InChI is InChI=1S/C15H13NO3S/c1-19-12-5-4-9-6-11(3-2-10(9)7-12)14-16-13(8-20-14)15(17)18/h2-7,13H,8H2,1H3,(H,17,18)/t13-/m0/s1. The lowest BCUT2D eigenvalue weighted by Crippen LogP contribution is -2.17. The van der Waals surface area contributed by atoms with Gasteiger partial charge >= 0.3 is 5.97 Å². The van der Waals surface area contributed by atoms with Gasteiger partial charge in [-0.1, -0.05) is 18.2 Å². The maximum Gasteiger partial charge on any atom is 0.329 e. The van der Waals surface area contributed by atoms with Crippen molar-refractivity contribution in [2.24, 2.45) is 4.99 Å². The van der Waals surface area contributed by atoms with Gasteiger partial charge in [-0.2, -0.15) is 0 Å². The predicted octanol–water partition coefficient (Wildman–Crippen LogP) is 2.80. The molecular weight excluding hydrogens is 274 g/mol. The van der Waals surface area contributed by atoms with E-state index in [9.17, 15) is 4.79 Å². The first-order chi connectivity index (χ1) is 9.67. The normalized spacial score (nSPS) is 18.1. The molecule has 0 aromatic heterocycles. The van der Waals surface area contributed by atoms with E-state index >= 15 is 0 Å². The number of carboxylic acid groups (broad SMARTS) is 1. The molecule has 20 heavy (non-hydrogen) atoms. The van der Waals surface area contributed by atoms with E-state index in [-0.39, 0.29) is 0 Å². The van der Waals surface area contributed by atoms with Crippen molar-refractivity contribution < 1.29 is 14.6 Å². The molecule has 0 fully saturated rings. The third-order valence-corrected chi connectivity index (χ3v) is 4.33. The van der Waals surface area contributed by atoms with Crippen molar-refractivity contribution in [1.29, 1.82) is 0 Å². The third kappa shape index (κ3) is 2.36. The summed E-state index contributed by atoms with van der Waals surface area (Å²) in [5.41, 5.74) is 0.969. The lowest BCUT2D eigenvalue weighted by Gasteiger charge is -2.05. The average molecular weight is 287 g/mol. The molecule has 0 amide bonds. The quantitative estimate of drug-likeness (QED) is 0.943. The molecule has 0 saturated heterocycles. The number of hydrogen-bond acceptors (Lipinski definition) is 4. The second kappa shape index (κ2) is 5.17. The fraction of sp³-hybridized carbons (Fsp3) is 0.200. The molecule has 0 saturated carbocycles. The zero-order valence-corrected chi connectivity index (χ0v) is 11.7. The Labute approximate surface area is 120 Å². The molecule has 0 radical (unpaired) electrons. The lowest BCUT2D eigenvalue weighted by atomic mass is 10.1. The number of carboxylic acids is 1. The Bertz CT molecular complexity index is 711. The number of aliphatic carboxylic acids is 1. The molecule has 2 aromatic carbocycles. The number of ether oxygens (including phenoxy) is 1. The van der Waals surface area contributed by atoms with Gasteiger partial charge < -0.3 is 9.84 Å². The number of carbonyl (C=O) groups is 1. The van der Waals surface area contributed by atoms with Crippen LogP contribution in [0.15, 0.2) is 41.4 Å². The van der Waals surface area contributed by atoms with Gasteiger partial charge in [-0.25, -0.2) is 4.79 Å². The van der Waals surface area contributed by atoms with Crippen LogP contribution in [0.1, 0.15) is 5.56 Å². The molecule has 0 aliphatic carbocycles. The largest absolute Gasteiger partial charge is 0.497 e. The van der Waals surface area contributed by atoms with Crippen LogP contribution in [0.4, 0.5) is 0 Å². The summed E-state index contributed by atoms with van der Waals surface area (Å²) in [7, 11) is 1.64. The van der Waals surface area contributed by atoms with Gasteiger partial charge in [0.15, 0.2) is 6.04 Å². The van der Waals surface area contributed by atoms with Crippen molar-refractivity contribution in [3.05, 3.63) is 42.0 Å². The van der Waals surface area contributed by atoms with E-state index in [0.717, 1.165) is 27.1 Å². The second-order valence-corrected chi connectivity index (χ2v) is 5.54. The SMILES string of the molecule is COc1ccc2cc(C3=N[C@H](C(=O)O)CS3)ccc2c1. The van der Waals surface area contributed by atoms with E-state index in [1.807, 2.05) is 36.4 Å². The van der Waals surface area contributed by atoms with Gasteiger partial charge in [0, 0.05) is 11.3 Å². The van der Waals surface area contributed by atoms with E-state index in [1.165, 1.54) is 11.8 Å². The predicted molar refractivity (Wildman–Crippen MR) is 80.9 cm³/mol. The lowest BCUT2D eigenvalue weighted by molar-refractivity contribution is -0.137. The molecule has 5 heteroatoms. The second-order valence-electron chi connectivity index (χ2n) is 4.53. The number of fused-ring (bicyclic) bond motifs is 1. The molecule has 4 nitrogen and oxygen atoms in total. The number of benzene rings is 2. The van der Waals surface area contributed by atoms with Crippen LogP contribution < -0.4 is 4.74 Å². The number of rotatable bonds is 3. The minimum atomic E-state index is -0.863. The van der Waals surface area contributed by atoms with Gasteiger partial charge in [-0.15, -0.1) is 11.8 Å². The highest BCUT2D eigenvalue weighted by molar-refractivity contribution is 8.14. The molecule has 1 aliphatic heterocycles. The molecule has 1 heterocycles. The first-order valence-corrected chi connectivity index (χ1v) is 7.17. The van der Waals surface area contributed by atoms with E-state index in [4.69, 9.17) is 9.84 Å². The summed E-state index contributed by atoms with van der Waals surface area (Å²) in [6, 6.07) is 11.3. The Balaban J connectivity index is 1.98. The number of hydrogen-bond donors (Lipinski definition) is 1. The first-order valence-electron chi connectivity index (χ1n) is 6.19. The number of nitrogens with zero attached hydrogens (tertiary/aromatic N) is 1. The summed E-state index contributed by atoms with van der Waals surface area (Å²) in [5.74, 6) is 0.465. The summed E-state index contributed by atoms with van der Waals surface area (Å²) in [4.78, 5) is 15.2. The van der Waals surface area contributed by atoms with Crippen molar-refractivity contribution in [1.82, 2.24) is 0 Å². The summed E-state index contributed by atoms with van der Waals surface area (Å²) in [6.45, 7) is 0. The van der Waals surface area contributed by atoms with E-state index < -0.39 is 12.0 Å². The fourth-order valence-corrected chi connectivity index (χ4v) is 3.17. The molecule has 1 aliphatic rings. The van der Waals surface area contributed by atoms with Crippen molar-refractivity contribution in [2.75, 3.05) is 12.9 Å². The molecule has 102 valence electrons. The highest BCUT2D eigenvalue weighted by atomic mass is 32.2. The zero-order valence-electron chi connectivity index (χ0n) is 10.9. The molecule has 3 rings (SSSR count). The number of methoxy groups -OCH3 is 1. The topological polar surface area (TPSA) is 58.9 Å². The first kappa shape index (κ1) is 13.0. The molecule has 0 bridgehead atoms. The molecule has 1 N–H and O–H groups in total. The van der Waals surface area contributed by atoms with Gasteiger partial charge in [0.2, 0.25) is 0 Å². The van der Waals surface area contributed by atoms with Gasteiger partial charge in [-0.3, -0.25) is 4.99 Å².